The maximum atomic E-state index is 12.4. The Labute approximate surface area is 156 Å². The van der Waals surface area contributed by atoms with Crippen LogP contribution in [0.25, 0.3) is 5.82 Å². The number of carbonyl (C=O) groups is 1. The number of hydrogen-bond donors (Lipinski definition) is 2. The first-order valence-corrected chi connectivity index (χ1v) is 8.67. The average Bonchev–Trinajstić information content (AvgIpc) is 3.26. The van der Waals surface area contributed by atoms with Gasteiger partial charge in [-0.15, -0.1) is 0 Å². The lowest BCUT2D eigenvalue weighted by Crippen LogP contribution is -2.30. The first-order valence-electron chi connectivity index (χ1n) is 8.67. The van der Waals surface area contributed by atoms with Gasteiger partial charge in [-0.2, -0.15) is 0 Å². The van der Waals surface area contributed by atoms with Crippen molar-refractivity contribution >= 4 is 11.7 Å². The van der Waals surface area contributed by atoms with Gasteiger partial charge in [-0.1, -0.05) is 6.07 Å². The molecule has 3 aromatic rings. The highest BCUT2D eigenvalue weighted by atomic mass is 16.6. The number of fused-ring (bicyclic) bond motifs is 1. The number of amides is 1. The van der Waals surface area contributed by atoms with E-state index in [0.29, 0.717) is 49.2 Å². The molecule has 27 heavy (non-hydrogen) atoms. The number of benzene rings is 1. The fourth-order valence-corrected chi connectivity index (χ4v) is 2.79. The first kappa shape index (κ1) is 16.9. The molecule has 0 aliphatic carbocycles. The van der Waals surface area contributed by atoms with E-state index in [0.717, 1.165) is 5.82 Å². The van der Waals surface area contributed by atoms with E-state index in [9.17, 15) is 4.79 Å². The van der Waals surface area contributed by atoms with Crippen molar-refractivity contribution in [3.05, 3.63) is 60.7 Å². The number of anilines is 1. The van der Waals surface area contributed by atoms with Crippen LogP contribution < -0.4 is 20.1 Å². The van der Waals surface area contributed by atoms with E-state index in [1.54, 1.807) is 18.2 Å². The van der Waals surface area contributed by atoms with Gasteiger partial charge in [0.25, 0.3) is 5.91 Å². The van der Waals surface area contributed by atoms with Gasteiger partial charge in [0.1, 0.15) is 31.2 Å². The van der Waals surface area contributed by atoms with Crippen LogP contribution in [0.5, 0.6) is 11.5 Å². The molecule has 1 amide bonds. The number of aromatic nitrogens is 3. The second-order valence-electron chi connectivity index (χ2n) is 5.86. The molecule has 2 aromatic heterocycles. The van der Waals surface area contributed by atoms with Crippen molar-refractivity contribution in [1.82, 2.24) is 19.9 Å². The predicted octanol–water partition coefficient (Wildman–Crippen LogP) is 1.88. The number of hydrogen-bond acceptors (Lipinski definition) is 6. The zero-order valence-electron chi connectivity index (χ0n) is 14.6. The van der Waals surface area contributed by atoms with E-state index in [2.05, 4.69) is 20.6 Å². The van der Waals surface area contributed by atoms with Crippen molar-refractivity contribution in [2.45, 2.75) is 0 Å². The summed E-state index contributed by atoms with van der Waals surface area (Å²) < 4.78 is 13.0. The van der Waals surface area contributed by atoms with Crippen molar-refractivity contribution in [1.29, 1.82) is 0 Å². The zero-order chi connectivity index (χ0) is 18.5. The van der Waals surface area contributed by atoms with Gasteiger partial charge in [-0.05, 0) is 24.3 Å². The van der Waals surface area contributed by atoms with Gasteiger partial charge >= 0.3 is 0 Å². The minimum atomic E-state index is -0.199. The summed E-state index contributed by atoms with van der Waals surface area (Å²) in [6, 6.07) is 11.0. The van der Waals surface area contributed by atoms with E-state index in [-0.39, 0.29) is 5.91 Å². The third-order valence-corrected chi connectivity index (χ3v) is 4.05. The van der Waals surface area contributed by atoms with Crippen molar-refractivity contribution in [3.8, 4) is 17.3 Å². The molecule has 3 heterocycles. The zero-order valence-corrected chi connectivity index (χ0v) is 14.6. The summed E-state index contributed by atoms with van der Waals surface area (Å²) in [5.74, 6) is 2.37. The third kappa shape index (κ3) is 3.84. The van der Waals surface area contributed by atoms with Gasteiger partial charge in [0.15, 0.2) is 11.5 Å². The fraction of sp³-hybridized carbons (Fsp3) is 0.211. The van der Waals surface area contributed by atoms with Gasteiger partial charge in [0.05, 0.1) is 5.56 Å². The largest absolute Gasteiger partial charge is 0.486 e. The van der Waals surface area contributed by atoms with Crippen LogP contribution in [-0.2, 0) is 0 Å². The lowest BCUT2D eigenvalue weighted by atomic mass is 10.1. The molecule has 8 heteroatoms. The van der Waals surface area contributed by atoms with Crippen LogP contribution in [0, 0.1) is 0 Å². The average molecular weight is 365 g/mol. The van der Waals surface area contributed by atoms with Crippen LogP contribution in [-0.4, -0.2) is 46.7 Å². The Kier molecular flexibility index (Phi) is 4.86. The van der Waals surface area contributed by atoms with Crippen LogP contribution in [0.3, 0.4) is 0 Å². The first-order chi connectivity index (χ1) is 13.3. The van der Waals surface area contributed by atoms with Crippen LogP contribution in [0.2, 0.25) is 0 Å². The number of rotatable bonds is 6. The Morgan fingerprint density at radius 3 is 2.81 bits per heavy atom. The molecule has 8 nitrogen and oxygen atoms in total. The number of ether oxygens (including phenoxy) is 2. The molecule has 0 bridgehead atoms. The highest BCUT2D eigenvalue weighted by Crippen LogP contribution is 2.33. The fourth-order valence-electron chi connectivity index (χ4n) is 2.79. The summed E-state index contributed by atoms with van der Waals surface area (Å²) in [6.45, 7) is 1.90. The van der Waals surface area contributed by atoms with E-state index in [4.69, 9.17) is 9.47 Å². The number of nitrogens with zero attached hydrogens (tertiary/aromatic N) is 3. The molecule has 1 aliphatic rings. The Bertz CT molecular complexity index is 927. The number of para-hydroxylation sites is 1. The molecule has 2 N–H and O–H groups in total. The summed E-state index contributed by atoms with van der Waals surface area (Å²) >= 11 is 0. The molecule has 0 spiro atoms. The van der Waals surface area contributed by atoms with Gasteiger partial charge in [-0.3, -0.25) is 4.79 Å². The number of carbonyl (C=O) groups excluding carboxylic acids is 1. The molecule has 0 unspecified atom stereocenters. The topological polar surface area (TPSA) is 90.3 Å². The normalized spacial score (nSPS) is 12.4. The summed E-state index contributed by atoms with van der Waals surface area (Å²) in [5, 5.41) is 6.06. The molecule has 1 aliphatic heterocycles. The molecular formula is C19H19N5O3. The molecule has 0 atom stereocenters. The van der Waals surface area contributed by atoms with E-state index < -0.39 is 0 Å². The van der Waals surface area contributed by atoms with Gasteiger partial charge in [-0.25, -0.2) is 9.97 Å². The highest BCUT2D eigenvalue weighted by molar-refractivity contribution is 5.97. The molecular weight excluding hydrogens is 346 g/mol. The Morgan fingerprint density at radius 1 is 1.07 bits per heavy atom. The summed E-state index contributed by atoms with van der Waals surface area (Å²) in [5.41, 5.74) is 0.476. The predicted molar refractivity (Wildman–Crippen MR) is 99.6 cm³/mol. The van der Waals surface area contributed by atoms with Crippen molar-refractivity contribution < 1.29 is 14.3 Å². The van der Waals surface area contributed by atoms with Crippen molar-refractivity contribution in [2.24, 2.45) is 0 Å². The lowest BCUT2D eigenvalue weighted by molar-refractivity contribution is 0.0944. The minimum absolute atomic E-state index is 0.199. The third-order valence-electron chi connectivity index (χ3n) is 4.05. The molecule has 1 aromatic carbocycles. The quantitative estimate of drug-likeness (QED) is 0.648. The van der Waals surface area contributed by atoms with E-state index in [1.165, 1.54) is 6.33 Å². The molecule has 138 valence electrons. The maximum absolute atomic E-state index is 12.4. The summed E-state index contributed by atoms with van der Waals surface area (Å²) in [4.78, 5) is 20.9. The van der Waals surface area contributed by atoms with Gasteiger partial charge in [0.2, 0.25) is 0 Å². The smallest absolute Gasteiger partial charge is 0.255 e. The monoisotopic (exact) mass is 365 g/mol. The number of nitrogens with one attached hydrogen (secondary N) is 2. The van der Waals surface area contributed by atoms with Gasteiger partial charge in [0, 0.05) is 31.5 Å². The van der Waals surface area contributed by atoms with Gasteiger partial charge < -0.3 is 24.7 Å². The van der Waals surface area contributed by atoms with Crippen LogP contribution in [0.1, 0.15) is 10.4 Å². The Hall–Kier alpha value is -3.55. The lowest BCUT2D eigenvalue weighted by Gasteiger charge is -2.20. The van der Waals surface area contributed by atoms with Crippen LogP contribution in [0.4, 0.5) is 5.82 Å². The highest BCUT2D eigenvalue weighted by Gasteiger charge is 2.19. The Morgan fingerprint density at radius 2 is 1.93 bits per heavy atom. The SMILES string of the molecule is O=C(NCCNc1cc(-n2cccc2)ncn1)c1cccc2c1OCCO2. The summed E-state index contributed by atoms with van der Waals surface area (Å²) in [7, 11) is 0. The molecule has 0 saturated heterocycles. The Balaban J connectivity index is 1.32. The van der Waals surface area contributed by atoms with Crippen molar-refractivity contribution in [2.75, 3.05) is 31.6 Å². The van der Waals surface area contributed by atoms with Crippen LogP contribution >= 0.6 is 0 Å². The standard InChI is InChI=1S/C19H19N5O3/c25-19(14-4-3-5-15-18(14)27-11-10-26-15)21-7-6-20-16-12-17(23-13-22-16)24-8-1-2-9-24/h1-5,8-9,12-13H,6-7,10-11H2,(H,21,25)(H,20,22,23). The van der Waals surface area contributed by atoms with Crippen LogP contribution in [0.15, 0.2) is 55.1 Å². The molecule has 0 saturated carbocycles. The second-order valence-corrected chi connectivity index (χ2v) is 5.86. The minimum Gasteiger partial charge on any atom is -0.486 e. The summed E-state index contributed by atoms with van der Waals surface area (Å²) in [6.07, 6.45) is 5.33. The maximum Gasteiger partial charge on any atom is 0.255 e. The molecule has 0 radical (unpaired) electrons. The van der Waals surface area contributed by atoms with E-state index in [1.807, 2.05) is 35.2 Å². The second kappa shape index (κ2) is 7.77. The van der Waals surface area contributed by atoms with E-state index >= 15 is 0 Å². The molecule has 4 rings (SSSR count). The molecule has 0 fully saturated rings. The van der Waals surface area contributed by atoms with Crippen molar-refractivity contribution in [3.63, 3.8) is 0 Å².